The Bertz CT molecular complexity index is 1010. The molecule has 31 heavy (non-hydrogen) atoms. The first-order valence-corrected chi connectivity index (χ1v) is 10.1. The molecule has 0 atom stereocenters. The molecule has 0 radical (unpaired) electrons. The molecule has 0 fully saturated rings. The molecule has 0 aliphatic rings. The second-order valence-electron chi connectivity index (χ2n) is 6.93. The highest BCUT2D eigenvalue weighted by Gasteiger charge is 2.12. The number of benzene rings is 2. The van der Waals surface area contributed by atoms with Crippen molar-refractivity contribution in [2.45, 2.75) is 26.2 Å². The van der Waals surface area contributed by atoms with Crippen molar-refractivity contribution < 1.29 is 23.5 Å². The zero-order valence-electron chi connectivity index (χ0n) is 17.2. The van der Waals surface area contributed by atoms with Gasteiger partial charge in [0.1, 0.15) is 0 Å². The Morgan fingerprint density at radius 1 is 0.903 bits per heavy atom. The molecule has 2 amide bonds. The number of nitrogens with one attached hydrogen (secondary N) is 2. The van der Waals surface area contributed by atoms with E-state index < -0.39 is 24.4 Å². The Labute approximate surface area is 180 Å². The standard InChI is InChI=1S/C24H24N2O5/c1-2-3-5-17-7-11-19(12-8-17)25-22(27)16-31-24(29)18-9-13-20(14-10-18)26-23(28)21-6-4-15-30-21/h4,6-15H,2-3,5,16H2,1H3,(H,25,27)(H,26,28). The van der Waals surface area contributed by atoms with Crippen molar-refractivity contribution in [1.82, 2.24) is 0 Å². The van der Waals surface area contributed by atoms with E-state index in [1.54, 1.807) is 24.3 Å². The van der Waals surface area contributed by atoms with Crippen molar-refractivity contribution in [2.24, 2.45) is 0 Å². The van der Waals surface area contributed by atoms with Crippen LogP contribution in [0.5, 0.6) is 0 Å². The maximum absolute atomic E-state index is 12.2. The van der Waals surface area contributed by atoms with Crippen LogP contribution in [0.4, 0.5) is 11.4 Å². The Morgan fingerprint density at radius 2 is 1.58 bits per heavy atom. The van der Waals surface area contributed by atoms with Gasteiger partial charge in [0.15, 0.2) is 12.4 Å². The fourth-order valence-electron chi connectivity index (χ4n) is 2.84. The van der Waals surface area contributed by atoms with Gasteiger partial charge in [0.2, 0.25) is 0 Å². The van der Waals surface area contributed by atoms with Crippen molar-refractivity contribution in [3.05, 3.63) is 83.8 Å². The number of esters is 1. The third-order valence-corrected chi connectivity index (χ3v) is 4.51. The van der Waals surface area contributed by atoms with Gasteiger partial charge in [-0.2, -0.15) is 0 Å². The van der Waals surface area contributed by atoms with Crippen LogP contribution in [0.1, 0.15) is 46.2 Å². The minimum atomic E-state index is -0.631. The first kappa shape index (κ1) is 21.8. The number of hydrogen-bond acceptors (Lipinski definition) is 5. The summed E-state index contributed by atoms with van der Waals surface area (Å²) in [5.74, 6) is -1.26. The van der Waals surface area contributed by atoms with Crippen LogP contribution in [0.25, 0.3) is 0 Å². The number of furan rings is 1. The number of anilines is 2. The maximum Gasteiger partial charge on any atom is 0.338 e. The smallest absolute Gasteiger partial charge is 0.338 e. The molecule has 0 saturated heterocycles. The molecule has 1 heterocycles. The van der Waals surface area contributed by atoms with Gasteiger partial charge in [0.25, 0.3) is 11.8 Å². The van der Waals surface area contributed by atoms with Gasteiger partial charge in [-0.15, -0.1) is 0 Å². The fraction of sp³-hybridized carbons (Fsp3) is 0.208. The molecule has 0 spiro atoms. The van der Waals surface area contributed by atoms with Gasteiger partial charge in [0, 0.05) is 11.4 Å². The lowest BCUT2D eigenvalue weighted by atomic mass is 10.1. The number of aryl methyl sites for hydroxylation is 1. The molecule has 7 heteroatoms. The number of rotatable bonds is 9. The van der Waals surface area contributed by atoms with E-state index in [-0.39, 0.29) is 11.3 Å². The van der Waals surface area contributed by atoms with Gasteiger partial charge < -0.3 is 19.8 Å². The number of unbranched alkanes of at least 4 members (excludes halogenated alkanes) is 1. The largest absolute Gasteiger partial charge is 0.459 e. The average molecular weight is 420 g/mol. The minimum Gasteiger partial charge on any atom is -0.459 e. The summed E-state index contributed by atoms with van der Waals surface area (Å²) in [6.45, 7) is 1.75. The van der Waals surface area contributed by atoms with Crippen molar-refractivity contribution >= 4 is 29.2 Å². The first-order valence-electron chi connectivity index (χ1n) is 10.1. The maximum atomic E-state index is 12.2. The minimum absolute atomic E-state index is 0.185. The van der Waals surface area contributed by atoms with E-state index in [1.807, 2.05) is 24.3 Å². The van der Waals surface area contributed by atoms with Crippen LogP contribution in [0.2, 0.25) is 0 Å². The quantitative estimate of drug-likeness (QED) is 0.490. The third-order valence-electron chi connectivity index (χ3n) is 4.51. The summed E-state index contributed by atoms with van der Waals surface area (Å²) >= 11 is 0. The van der Waals surface area contributed by atoms with E-state index in [2.05, 4.69) is 17.6 Å². The van der Waals surface area contributed by atoms with Crippen LogP contribution in [0.3, 0.4) is 0 Å². The normalized spacial score (nSPS) is 10.4. The number of carbonyl (C=O) groups is 3. The highest BCUT2D eigenvalue weighted by Crippen LogP contribution is 2.14. The summed E-state index contributed by atoms with van der Waals surface area (Å²) in [5, 5.41) is 5.36. The highest BCUT2D eigenvalue weighted by atomic mass is 16.5. The lowest BCUT2D eigenvalue weighted by molar-refractivity contribution is -0.119. The predicted molar refractivity (Wildman–Crippen MR) is 117 cm³/mol. The van der Waals surface area contributed by atoms with Crippen molar-refractivity contribution in [3.8, 4) is 0 Å². The second kappa shape index (κ2) is 10.8. The van der Waals surface area contributed by atoms with Crippen LogP contribution in [0.15, 0.2) is 71.3 Å². The summed E-state index contributed by atoms with van der Waals surface area (Å²) in [6.07, 6.45) is 4.67. The van der Waals surface area contributed by atoms with Crippen LogP contribution in [-0.2, 0) is 16.0 Å². The van der Waals surface area contributed by atoms with E-state index in [1.165, 1.54) is 24.0 Å². The Morgan fingerprint density at radius 3 is 2.23 bits per heavy atom. The van der Waals surface area contributed by atoms with Gasteiger partial charge in [-0.3, -0.25) is 9.59 Å². The molecule has 2 aromatic carbocycles. The average Bonchev–Trinajstić information content (AvgIpc) is 3.33. The van der Waals surface area contributed by atoms with Crippen LogP contribution in [-0.4, -0.2) is 24.4 Å². The zero-order chi connectivity index (χ0) is 22.1. The molecule has 7 nitrogen and oxygen atoms in total. The zero-order valence-corrected chi connectivity index (χ0v) is 17.2. The molecule has 0 aliphatic carbocycles. The highest BCUT2D eigenvalue weighted by molar-refractivity contribution is 6.02. The number of carbonyl (C=O) groups excluding carboxylic acids is 3. The lowest BCUT2D eigenvalue weighted by Crippen LogP contribution is -2.21. The van der Waals surface area contributed by atoms with E-state index in [4.69, 9.17) is 9.15 Å². The molecule has 160 valence electrons. The van der Waals surface area contributed by atoms with E-state index >= 15 is 0 Å². The number of hydrogen-bond donors (Lipinski definition) is 2. The summed E-state index contributed by atoms with van der Waals surface area (Å²) in [4.78, 5) is 36.2. The van der Waals surface area contributed by atoms with E-state index in [0.29, 0.717) is 11.4 Å². The lowest BCUT2D eigenvalue weighted by Gasteiger charge is -2.08. The van der Waals surface area contributed by atoms with Crippen LogP contribution >= 0.6 is 0 Å². The molecule has 2 N–H and O–H groups in total. The summed E-state index contributed by atoms with van der Waals surface area (Å²) in [6, 6.07) is 16.9. The summed E-state index contributed by atoms with van der Waals surface area (Å²) in [5.41, 5.74) is 2.63. The Hall–Kier alpha value is -3.87. The molecular weight excluding hydrogens is 396 g/mol. The van der Waals surface area contributed by atoms with Crippen molar-refractivity contribution in [3.63, 3.8) is 0 Å². The summed E-state index contributed by atoms with van der Waals surface area (Å²) in [7, 11) is 0. The van der Waals surface area contributed by atoms with Gasteiger partial charge in [-0.05, 0) is 66.9 Å². The van der Waals surface area contributed by atoms with Gasteiger partial charge >= 0.3 is 5.97 Å². The predicted octanol–water partition coefficient (Wildman–Crippen LogP) is 4.67. The van der Waals surface area contributed by atoms with Crippen LogP contribution in [0, 0.1) is 0 Å². The molecular formula is C24H24N2O5. The Kier molecular flexibility index (Phi) is 7.59. The monoisotopic (exact) mass is 420 g/mol. The molecule has 0 aliphatic heterocycles. The topological polar surface area (TPSA) is 97.6 Å². The van der Waals surface area contributed by atoms with Crippen LogP contribution < -0.4 is 10.6 Å². The van der Waals surface area contributed by atoms with E-state index in [9.17, 15) is 14.4 Å². The SMILES string of the molecule is CCCCc1ccc(NC(=O)COC(=O)c2ccc(NC(=O)c3ccco3)cc2)cc1. The molecule has 3 aromatic rings. The number of amides is 2. The molecule has 0 saturated carbocycles. The van der Waals surface area contributed by atoms with Crippen molar-refractivity contribution in [2.75, 3.05) is 17.2 Å². The third kappa shape index (κ3) is 6.57. The molecule has 1 aromatic heterocycles. The van der Waals surface area contributed by atoms with Crippen molar-refractivity contribution in [1.29, 1.82) is 0 Å². The van der Waals surface area contributed by atoms with E-state index in [0.717, 1.165) is 19.3 Å². The van der Waals surface area contributed by atoms with Gasteiger partial charge in [0.05, 0.1) is 11.8 Å². The van der Waals surface area contributed by atoms with Gasteiger partial charge in [-0.1, -0.05) is 25.5 Å². The summed E-state index contributed by atoms with van der Waals surface area (Å²) < 4.78 is 10.1. The molecule has 3 rings (SSSR count). The second-order valence-corrected chi connectivity index (χ2v) is 6.93. The number of ether oxygens (including phenoxy) is 1. The first-order chi connectivity index (χ1) is 15.0. The van der Waals surface area contributed by atoms with Gasteiger partial charge in [-0.25, -0.2) is 4.79 Å². The molecule has 0 bridgehead atoms. The molecule has 0 unspecified atom stereocenters. The fourth-order valence-corrected chi connectivity index (χ4v) is 2.84. The Balaban J connectivity index is 1.45.